The molecule has 135 valence electrons. The smallest absolute Gasteiger partial charge is 0.659 e. The van der Waals surface area contributed by atoms with Gasteiger partial charge >= 0.3 is 21.7 Å². The first-order valence-electron chi connectivity index (χ1n) is 8.26. The third kappa shape index (κ3) is 5.55. The van der Waals surface area contributed by atoms with Crippen LogP contribution in [0.3, 0.4) is 0 Å². The van der Waals surface area contributed by atoms with Gasteiger partial charge in [-0.1, -0.05) is 96.7 Å². The van der Waals surface area contributed by atoms with Gasteiger partial charge in [0.05, 0.1) is 0 Å². The average Bonchev–Trinajstić information content (AvgIpc) is 2.86. The van der Waals surface area contributed by atoms with E-state index in [-0.39, 0.29) is 42.1 Å². The van der Waals surface area contributed by atoms with Crippen molar-refractivity contribution in [3.8, 4) is 0 Å². The molecular formula is C23H31NSiTi+. The van der Waals surface area contributed by atoms with Crippen molar-refractivity contribution < 1.29 is 21.7 Å². The summed E-state index contributed by atoms with van der Waals surface area (Å²) in [4.78, 5) is 5.21. The predicted octanol–water partition coefficient (Wildman–Crippen LogP) is 6.49. The molecule has 0 unspecified atom stereocenters. The van der Waals surface area contributed by atoms with Gasteiger partial charge in [-0.2, -0.15) is 0 Å². The Bertz CT molecular complexity index is 600. The van der Waals surface area contributed by atoms with Crippen LogP contribution >= 0.6 is 0 Å². The molecule has 0 saturated heterocycles. The molecule has 26 heavy (non-hydrogen) atoms. The Kier molecular flexibility index (Phi) is 9.53. The minimum atomic E-state index is -1.87. The van der Waals surface area contributed by atoms with Crippen molar-refractivity contribution in [2.45, 2.75) is 39.4 Å². The molecule has 2 aliphatic rings. The summed E-state index contributed by atoms with van der Waals surface area (Å²) < 4.78 is 0. The van der Waals surface area contributed by atoms with E-state index in [2.05, 4.69) is 94.9 Å². The zero-order valence-corrected chi connectivity index (χ0v) is 19.8. The van der Waals surface area contributed by atoms with Crippen LogP contribution < -0.4 is 0 Å². The Morgan fingerprint density at radius 1 is 0.808 bits per heavy atom. The molecule has 1 aromatic rings. The van der Waals surface area contributed by atoms with Crippen molar-refractivity contribution in [3.63, 3.8) is 0 Å². The van der Waals surface area contributed by atoms with Crippen LogP contribution in [-0.2, 0) is 21.7 Å². The van der Waals surface area contributed by atoms with E-state index in [1.165, 1.54) is 28.9 Å². The maximum atomic E-state index is 5.21. The zero-order valence-electron chi connectivity index (χ0n) is 17.2. The van der Waals surface area contributed by atoms with Crippen molar-refractivity contribution in [2.24, 2.45) is 0 Å². The van der Waals surface area contributed by atoms with Crippen molar-refractivity contribution in [3.05, 3.63) is 110 Å². The molecule has 0 amide bonds. The molecule has 0 aliphatic heterocycles. The van der Waals surface area contributed by atoms with Gasteiger partial charge in [0.25, 0.3) is 0 Å². The molecule has 0 aromatic heterocycles. The van der Waals surface area contributed by atoms with Gasteiger partial charge in [-0.15, -0.1) is 5.54 Å². The van der Waals surface area contributed by atoms with Crippen LogP contribution in [0.4, 0.5) is 0 Å². The van der Waals surface area contributed by atoms with E-state index >= 15 is 0 Å². The summed E-state index contributed by atoms with van der Waals surface area (Å²) >= 11 is 0. The van der Waals surface area contributed by atoms with Crippen molar-refractivity contribution >= 4 is 8.24 Å². The van der Waals surface area contributed by atoms with Gasteiger partial charge in [-0.05, 0) is 17.5 Å². The quantitative estimate of drug-likeness (QED) is 0.409. The molecule has 5 radical (unpaired) electrons. The summed E-state index contributed by atoms with van der Waals surface area (Å²) in [5.41, 5.74) is 2.73. The monoisotopic (exact) mass is 397 g/mol. The Morgan fingerprint density at radius 3 is 1.88 bits per heavy atom. The number of fused-ring (bicyclic) bond motifs is 1. The summed E-state index contributed by atoms with van der Waals surface area (Å²) in [5, 5.41) is 0. The molecule has 0 spiro atoms. The molecule has 1 nitrogen and oxygen atoms in total. The molecule has 0 atom stereocenters. The van der Waals surface area contributed by atoms with Crippen LogP contribution in [0.2, 0.25) is 13.1 Å². The normalized spacial score (nSPS) is 18.7. The van der Waals surface area contributed by atoms with Gasteiger partial charge in [0.1, 0.15) is 0 Å². The van der Waals surface area contributed by atoms with Crippen LogP contribution in [0.1, 0.15) is 26.3 Å². The standard InChI is InChI=1S/C21H25NSi.2CH3.Ti/c1-21(2,3)22-23(4,5)20-15-19(16-11-7-6-8-12-16)17-13-9-10-14-18(17)20;;;/h6-15H,1-5H3;2*1H3;/q3*-1;+4. The van der Waals surface area contributed by atoms with Gasteiger partial charge in [0.2, 0.25) is 0 Å². The fourth-order valence-electron chi connectivity index (χ4n) is 3.51. The van der Waals surface area contributed by atoms with E-state index in [1.807, 2.05) is 0 Å². The predicted molar refractivity (Wildman–Crippen MR) is 115 cm³/mol. The molecule has 3 heteroatoms. The Hall–Kier alpha value is -0.409. The summed E-state index contributed by atoms with van der Waals surface area (Å²) in [7, 11) is -1.87. The Balaban J connectivity index is 0.00000208. The average molecular weight is 397 g/mol. The van der Waals surface area contributed by atoms with E-state index in [4.69, 9.17) is 4.98 Å². The summed E-state index contributed by atoms with van der Waals surface area (Å²) in [6, 6.07) is 10.7. The van der Waals surface area contributed by atoms with E-state index in [1.54, 1.807) is 0 Å². The molecule has 2 aliphatic carbocycles. The van der Waals surface area contributed by atoms with Crippen LogP contribution in [-0.4, -0.2) is 13.8 Å². The van der Waals surface area contributed by atoms with Gasteiger partial charge in [0.15, 0.2) is 0 Å². The third-order valence-electron chi connectivity index (χ3n) is 4.15. The fraction of sp³-hybridized carbons (Fsp3) is 0.261. The van der Waals surface area contributed by atoms with E-state index in [0.29, 0.717) is 0 Å². The maximum Gasteiger partial charge on any atom is 4.00 e. The fourth-order valence-corrected chi connectivity index (χ4v) is 6.69. The molecule has 0 N–H and O–H groups in total. The minimum Gasteiger partial charge on any atom is -0.659 e. The second kappa shape index (κ2) is 9.69. The molecule has 1 saturated carbocycles. The van der Waals surface area contributed by atoms with Gasteiger partial charge < -0.3 is 19.8 Å². The molecular weight excluding hydrogens is 366 g/mol. The molecule has 0 bridgehead atoms. The summed E-state index contributed by atoms with van der Waals surface area (Å²) in [6.45, 7) is 11.3. The van der Waals surface area contributed by atoms with Crippen molar-refractivity contribution in [2.75, 3.05) is 0 Å². The molecule has 3 rings (SSSR count). The summed E-state index contributed by atoms with van der Waals surface area (Å²) in [5.74, 6) is 4.05. The maximum absolute atomic E-state index is 5.21. The van der Waals surface area contributed by atoms with Gasteiger partial charge in [-0.3, -0.25) is 0 Å². The zero-order chi connectivity index (χ0) is 16.7. The van der Waals surface area contributed by atoms with Gasteiger partial charge in [0, 0.05) is 17.8 Å². The Labute approximate surface area is 178 Å². The molecule has 0 heterocycles. The minimum absolute atomic E-state index is 0. The van der Waals surface area contributed by atoms with Gasteiger partial charge in [-0.25, -0.2) is 0 Å². The number of allylic oxidation sites excluding steroid dienone is 4. The first-order chi connectivity index (χ1) is 10.8. The molecule has 1 aromatic carbocycles. The van der Waals surface area contributed by atoms with Crippen LogP contribution in [0.15, 0.2) is 54.6 Å². The molecule has 1 fully saturated rings. The van der Waals surface area contributed by atoms with Crippen LogP contribution in [0.5, 0.6) is 0 Å². The largest absolute Gasteiger partial charge is 4.00 e. The number of benzene rings is 1. The van der Waals surface area contributed by atoms with Crippen LogP contribution in [0, 0.1) is 44.6 Å². The number of rotatable bonds is 3. The SMILES string of the molecule is CC(C)(C)[N-][Si](C)(C)[C]1[CH][C](c2ccccc2)[C]2C=CC=C[C]21.[CH3-].[CH3-].[Ti+4]. The number of hydrogen-bond donors (Lipinski definition) is 0. The number of hydrogen-bond acceptors (Lipinski definition) is 0. The van der Waals surface area contributed by atoms with Crippen molar-refractivity contribution in [1.82, 2.24) is 0 Å². The summed E-state index contributed by atoms with van der Waals surface area (Å²) in [6.07, 6.45) is 11.2. The second-order valence-corrected chi connectivity index (χ2v) is 11.6. The first-order valence-corrected chi connectivity index (χ1v) is 11.2. The second-order valence-electron chi connectivity index (χ2n) is 7.72. The third-order valence-corrected chi connectivity index (χ3v) is 7.12. The number of nitrogens with zero attached hydrogens (tertiary/aromatic N) is 1. The topological polar surface area (TPSA) is 14.1 Å². The van der Waals surface area contributed by atoms with Crippen molar-refractivity contribution in [1.29, 1.82) is 0 Å². The first kappa shape index (κ1) is 25.6. The van der Waals surface area contributed by atoms with E-state index in [0.717, 1.165) is 0 Å². The van der Waals surface area contributed by atoms with Crippen LogP contribution in [0.25, 0.3) is 4.98 Å². The Morgan fingerprint density at radius 2 is 1.35 bits per heavy atom. The van der Waals surface area contributed by atoms with E-state index < -0.39 is 8.24 Å². The van der Waals surface area contributed by atoms with E-state index in [9.17, 15) is 0 Å².